The zero-order valence-electron chi connectivity index (χ0n) is 8.39. The highest BCUT2D eigenvalue weighted by molar-refractivity contribution is 14.1. The molecule has 7 heteroatoms. The van der Waals surface area contributed by atoms with Crippen molar-refractivity contribution in [1.29, 1.82) is 0 Å². The Morgan fingerprint density at radius 3 is 2.82 bits per heavy atom. The zero-order chi connectivity index (χ0) is 12.0. The molecule has 0 spiro atoms. The van der Waals surface area contributed by atoms with Gasteiger partial charge in [-0.05, 0) is 63.4 Å². The first-order valence-electron chi connectivity index (χ1n) is 4.70. The highest BCUT2D eigenvalue weighted by Gasteiger charge is 2.13. The van der Waals surface area contributed by atoms with E-state index in [4.69, 9.17) is 10.2 Å². The summed E-state index contributed by atoms with van der Waals surface area (Å²) in [6.07, 6.45) is 1.69. The highest BCUT2D eigenvalue weighted by atomic mass is 127. The van der Waals surface area contributed by atoms with E-state index < -0.39 is 0 Å². The molecule has 17 heavy (non-hydrogen) atoms. The first-order valence-corrected chi connectivity index (χ1v) is 6.85. The van der Waals surface area contributed by atoms with Gasteiger partial charge in [0.2, 0.25) is 0 Å². The van der Waals surface area contributed by atoms with Crippen molar-refractivity contribution < 1.29 is 4.42 Å². The van der Waals surface area contributed by atoms with Gasteiger partial charge in [-0.25, -0.2) is 9.55 Å². The summed E-state index contributed by atoms with van der Waals surface area (Å²) >= 11 is 4.37. The van der Waals surface area contributed by atoms with Gasteiger partial charge in [0.15, 0.2) is 5.58 Å². The molecular formula is C10H6I2N4O. The number of nitrogens with two attached hydrogens (primary N) is 1. The standard InChI is InChI=1S/C10H6I2N4O/c11-8-9(12)16(4-14-8)10-15-6-3-5(13)1-2-7(6)17-10/h1-4H,13H2. The lowest BCUT2D eigenvalue weighted by Gasteiger charge is -1.95. The predicted octanol–water partition coefficient (Wildman–Crippen LogP) is 2.80. The van der Waals surface area contributed by atoms with Crippen molar-refractivity contribution in [3.63, 3.8) is 0 Å². The van der Waals surface area contributed by atoms with Crippen molar-refractivity contribution in [3.05, 3.63) is 31.9 Å². The topological polar surface area (TPSA) is 69.9 Å². The number of hydrogen-bond donors (Lipinski definition) is 1. The second-order valence-corrected chi connectivity index (χ2v) is 5.46. The van der Waals surface area contributed by atoms with Gasteiger partial charge in [-0.2, -0.15) is 4.98 Å². The van der Waals surface area contributed by atoms with Crippen LogP contribution in [0.5, 0.6) is 0 Å². The van der Waals surface area contributed by atoms with Crippen LogP contribution in [0.15, 0.2) is 28.9 Å². The number of imidazole rings is 1. The van der Waals surface area contributed by atoms with Crippen LogP contribution in [-0.2, 0) is 0 Å². The maximum atomic E-state index is 5.70. The third-order valence-corrected chi connectivity index (χ3v) is 5.13. The van der Waals surface area contributed by atoms with E-state index in [0.717, 1.165) is 12.9 Å². The van der Waals surface area contributed by atoms with Crippen molar-refractivity contribution in [2.75, 3.05) is 5.73 Å². The van der Waals surface area contributed by atoms with Crippen LogP contribution >= 0.6 is 45.2 Å². The summed E-state index contributed by atoms with van der Waals surface area (Å²) < 4.78 is 9.35. The average Bonchev–Trinajstić information content (AvgIpc) is 2.83. The summed E-state index contributed by atoms with van der Waals surface area (Å²) in [6.45, 7) is 0. The van der Waals surface area contributed by atoms with Crippen LogP contribution in [0.25, 0.3) is 17.1 Å². The van der Waals surface area contributed by atoms with E-state index in [-0.39, 0.29) is 0 Å². The minimum atomic E-state index is 0.505. The first-order chi connectivity index (χ1) is 8.15. The third-order valence-electron chi connectivity index (χ3n) is 2.27. The van der Waals surface area contributed by atoms with Gasteiger partial charge >= 0.3 is 6.01 Å². The molecule has 0 atom stereocenters. The predicted molar refractivity (Wildman–Crippen MR) is 81.0 cm³/mol. The Morgan fingerprint density at radius 2 is 2.12 bits per heavy atom. The van der Waals surface area contributed by atoms with Crippen LogP contribution < -0.4 is 5.73 Å². The average molecular weight is 452 g/mol. The third kappa shape index (κ3) is 1.90. The van der Waals surface area contributed by atoms with E-state index in [1.807, 2.05) is 6.07 Å². The molecule has 0 fully saturated rings. The molecule has 0 aliphatic rings. The number of nitrogen functional groups attached to an aromatic ring is 1. The number of nitrogens with zero attached hydrogens (tertiary/aromatic N) is 3. The van der Waals surface area contributed by atoms with Gasteiger partial charge in [0.1, 0.15) is 19.2 Å². The van der Waals surface area contributed by atoms with Crippen molar-refractivity contribution >= 4 is 62.0 Å². The van der Waals surface area contributed by atoms with E-state index in [1.165, 1.54) is 0 Å². The Bertz CT molecular complexity index is 703. The SMILES string of the molecule is Nc1ccc2oc(-n3cnc(I)c3I)nc2c1. The molecule has 3 rings (SSSR count). The van der Waals surface area contributed by atoms with Crippen LogP contribution in [0.3, 0.4) is 0 Å². The molecule has 0 aliphatic heterocycles. The normalized spacial score (nSPS) is 11.2. The maximum Gasteiger partial charge on any atom is 0.308 e. The molecule has 0 radical (unpaired) electrons. The lowest BCUT2D eigenvalue weighted by molar-refractivity contribution is 0.561. The number of rotatable bonds is 1. The van der Waals surface area contributed by atoms with E-state index in [2.05, 4.69) is 55.1 Å². The quantitative estimate of drug-likeness (QED) is 0.456. The molecule has 5 nitrogen and oxygen atoms in total. The summed E-state index contributed by atoms with van der Waals surface area (Å²) in [5.74, 6) is 0. The molecule has 0 bridgehead atoms. The Hall–Kier alpha value is -0.840. The molecule has 0 amide bonds. The fraction of sp³-hybridized carbons (Fsp3) is 0. The number of benzene rings is 1. The van der Waals surface area contributed by atoms with E-state index in [0.29, 0.717) is 17.3 Å². The van der Waals surface area contributed by atoms with Gasteiger partial charge in [0.05, 0.1) is 0 Å². The van der Waals surface area contributed by atoms with Crippen LogP contribution in [-0.4, -0.2) is 14.5 Å². The largest absolute Gasteiger partial charge is 0.423 e. The van der Waals surface area contributed by atoms with Gasteiger partial charge in [0, 0.05) is 5.69 Å². The second-order valence-electron chi connectivity index (χ2n) is 3.42. The maximum absolute atomic E-state index is 5.70. The van der Waals surface area contributed by atoms with Crippen LogP contribution in [0.2, 0.25) is 0 Å². The molecule has 3 aromatic rings. The number of oxazole rings is 1. The second kappa shape index (κ2) is 4.12. The Kier molecular flexibility index (Phi) is 2.73. The monoisotopic (exact) mass is 452 g/mol. The van der Waals surface area contributed by atoms with Gasteiger partial charge in [0.25, 0.3) is 0 Å². The highest BCUT2D eigenvalue weighted by Crippen LogP contribution is 2.23. The number of anilines is 1. The molecule has 2 aromatic heterocycles. The molecule has 86 valence electrons. The van der Waals surface area contributed by atoms with Crippen molar-refractivity contribution in [2.24, 2.45) is 0 Å². The summed E-state index contributed by atoms with van der Waals surface area (Å²) in [6, 6.07) is 5.90. The van der Waals surface area contributed by atoms with Gasteiger partial charge in [-0.1, -0.05) is 0 Å². The Labute approximate surface area is 124 Å². The molecule has 2 heterocycles. The molecule has 2 N–H and O–H groups in total. The Balaban J connectivity index is 2.21. The summed E-state index contributed by atoms with van der Waals surface area (Å²) in [4.78, 5) is 8.58. The molecule has 0 saturated heterocycles. The van der Waals surface area contributed by atoms with Gasteiger partial charge in [-0.3, -0.25) is 0 Å². The van der Waals surface area contributed by atoms with E-state index in [9.17, 15) is 0 Å². The van der Waals surface area contributed by atoms with Crippen molar-refractivity contribution in [2.45, 2.75) is 0 Å². The number of fused-ring (bicyclic) bond motifs is 1. The fourth-order valence-electron chi connectivity index (χ4n) is 1.48. The molecular weight excluding hydrogens is 446 g/mol. The molecule has 0 unspecified atom stereocenters. The molecule has 0 saturated carbocycles. The lowest BCUT2D eigenvalue weighted by Crippen LogP contribution is -1.94. The van der Waals surface area contributed by atoms with E-state index in [1.54, 1.807) is 23.0 Å². The zero-order valence-corrected chi connectivity index (χ0v) is 12.7. The van der Waals surface area contributed by atoms with Crippen LogP contribution in [0.4, 0.5) is 5.69 Å². The van der Waals surface area contributed by atoms with Gasteiger partial charge < -0.3 is 10.2 Å². The van der Waals surface area contributed by atoms with Crippen molar-refractivity contribution in [3.8, 4) is 6.01 Å². The minimum absolute atomic E-state index is 0.505. The Morgan fingerprint density at radius 1 is 1.29 bits per heavy atom. The summed E-state index contributed by atoms with van der Waals surface area (Å²) in [7, 11) is 0. The molecule has 1 aromatic carbocycles. The summed E-state index contributed by atoms with van der Waals surface area (Å²) in [5.41, 5.74) is 7.84. The smallest absolute Gasteiger partial charge is 0.308 e. The lowest BCUT2D eigenvalue weighted by atomic mass is 10.3. The first kappa shape index (κ1) is 11.3. The fourth-order valence-corrected chi connectivity index (χ4v) is 2.34. The van der Waals surface area contributed by atoms with Gasteiger partial charge in [-0.15, -0.1) is 0 Å². The number of aromatic nitrogens is 3. The van der Waals surface area contributed by atoms with Crippen LogP contribution in [0, 0.1) is 7.40 Å². The van der Waals surface area contributed by atoms with Crippen LogP contribution in [0.1, 0.15) is 0 Å². The summed E-state index contributed by atoms with van der Waals surface area (Å²) in [5, 5.41) is 0. The number of halogens is 2. The van der Waals surface area contributed by atoms with E-state index >= 15 is 0 Å². The van der Waals surface area contributed by atoms with Crippen molar-refractivity contribution in [1.82, 2.24) is 14.5 Å². The minimum Gasteiger partial charge on any atom is -0.423 e. The number of hydrogen-bond acceptors (Lipinski definition) is 4. The molecule has 0 aliphatic carbocycles.